The highest BCUT2D eigenvalue weighted by Gasteiger charge is 2.52. The van der Waals surface area contributed by atoms with Gasteiger partial charge in [0.05, 0.1) is 35.4 Å². The molecule has 9 heteroatoms. The standard InChI is InChI=1S/C19H23BF3N3O2/c1-12-15(10-11-24)26(25-16(12)19(21,22)23)14-8-6-13(7-9-14)20-27-17(2,3)18(4,5)28-20/h6-9,12,15H,10H2,1-5H3. The smallest absolute Gasteiger partial charge is 0.399 e. The molecule has 2 aliphatic rings. The molecule has 0 N–H and O–H groups in total. The molecule has 3 rings (SSSR count). The molecule has 0 amide bonds. The van der Waals surface area contributed by atoms with Crippen molar-refractivity contribution < 1.29 is 22.5 Å². The maximum Gasteiger partial charge on any atom is 0.494 e. The van der Waals surface area contributed by atoms with E-state index in [0.717, 1.165) is 5.46 Å². The van der Waals surface area contributed by atoms with E-state index in [4.69, 9.17) is 14.6 Å². The van der Waals surface area contributed by atoms with Crippen LogP contribution in [-0.2, 0) is 9.31 Å². The molecule has 0 radical (unpaired) electrons. The fourth-order valence-corrected chi connectivity index (χ4v) is 3.36. The van der Waals surface area contributed by atoms with Crippen molar-refractivity contribution in [3.63, 3.8) is 0 Å². The lowest BCUT2D eigenvalue weighted by Crippen LogP contribution is -2.41. The van der Waals surface area contributed by atoms with Crippen molar-refractivity contribution in [2.24, 2.45) is 11.0 Å². The molecule has 5 nitrogen and oxygen atoms in total. The van der Waals surface area contributed by atoms with E-state index in [0.29, 0.717) is 5.69 Å². The minimum absolute atomic E-state index is 0.0524. The molecule has 0 aliphatic carbocycles. The van der Waals surface area contributed by atoms with Crippen LogP contribution in [0.15, 0.2) is 29.4 Å². The van der Waals surface area contributed by atoms with Crippen molar-refractivity contribution in [3.8, 4) is 6.07 Å². The van der Waals surface area contributed by atoms with E-state index in [-0.39, 0.29) is 6.42 Å². The van der Waals surface area contributed by atoms with Gasteiger partial charge < -0.3 is 9.31 Å². The van der Waals surface area contributed by atoms with Crippen LogP contribution in [0.1, 0.15) is 41.0 Å². The molecule has 0 saturated carbocycles. The van der Waals surface area contributed by atoms with Gasteiger partial charge in [0.25, 0.3) is 0 Å². The lowest BCUT2D eigenvalue weighted by atomic mass is 9.79. The average molecular weight is 393 g/mol. The van der Waals surface area contributed by atoms with Crippen molar-refractivity contribution in [1.29, 1.82) is 5.26 Å². The number of anilines is 1. The monoisotopic (exact) mass is 393 g/mol. The maximum absolute atomic E-state index is 13.3. The highest BCUT2D eigenvalue weighted by atomic mass is 19.4. The third-order valence-corrected chi connectivity index (χ3v) is 5.81. The Bertz CT molecular complexity index is 799. The number of nitrogens with zero attached hydrogens (tertiary/aromatic N) is 3. The van der Waals surface area contributed by atoms with Crippen LogP contribution in [0, 0.1) is 17.2 Å². The predicted molar refractivity (Wildman–Crippen MR) is 101 cm³/mol. The SMILES string of the molecule is CC1C(C(F)(F)F)=NN(c2ccc(B3OC(C)(C)C(C)(C)O3)cc2)C1CC#N. The molecule has 2 unspecified atom stereocenters. The number of hydrazone groups is 1. The predicted octanol–water partition coefficient (Wildman–Crippen LogP) is 3.64. The zero-order chi connectivity index (χ0) is 20.9. The third-order valence-electron chi connectivity index (χ3n) is 5.81. The number of hydrogen-bond donors (Lipinski definition) is 0. The van der Waals surface area contributed by atoms with Crippen molar-refractivity contribution >= 4 is 24.0 Å². The summed E-state index contributed by atoms with van der Waals surface area (Å²) in [5, 5.41) is 14.1. The van der Waals surface area contributed by atoms with Crippen molar-refractivity contribution in [2.45, 2.75) is 64.5 Å². The molecular formula is C19H23BF3N3O2. The first-order chi connectivity index (χ1) is 12.9. The van der Waals surface area contributed by atoms with Crippen LogP contribution in [0.2, 0.25) is 0 Å². The number of rotatable bonds is 3. The summed E-state index contributed by atoms with van der Waals surface area (Å²) in [7, 11) is -0.555. The van der Waals surface area contributed by atoms with Gasteiger partial charge in [-0.1, -0.05) is 19.1 Å². The quantitative estimate of drug-likeness (QED) is 0.736. The van der Waals surface area contributed by atoms with Gasteiger partial charge in [-0.05, 0) is 45.3 Å². The van der Waals surface area contributed by atoms with Crippen LogP contribution < -0.4 is 10.5 Å². The second-order valence-corrected chi connectivity index (χ2v) is 8.23. The largest absolute Gasteiger partial charge is 0.494 e. The minimum Gasteiger partial charge on any atom is -0.399 e. The van der Waals surface area contributed by atoms with E-state index in [1.54, 1.807) is 24.3 Å². The Kier molecular flexibility index (Phi) is 5.01. The average Bonchev–Trinajstić information content (AvgIpc) is 3.02. The van der Waals surface area contributed by atoms with Crippen molar-refractivity contribution in [1.82, 2.24) is 0 Å². The Morgan fingerprint density at radius 1 is 1.14 bits per heavy atom. The second kappa shape index (κ2) is 6.78. The lowest BCUT2D eigenvalue weighted by molar-refractivity contribution is -0.0620. The third kappa shape index (κ3) is 3.51. The summed E-state index contributed by atoms with van der Waals surface area (Å²) in [4.78, 5) is 0. The molecule has 0 spiro atoms. The Balaban J connectivity index is 1.86. The summed E-state index contributed by atoms with van der Waals surface area (Å²) >= 11 is 0. The molecule has 2 aliphatic heterocycles. The number of hydrogen-bond acceptors (Lipinski definition) is 5. The maximum atomic E-state index is 13.3. The fraction of sp³-hybridized carbons (Fsp3) is 0.579. The molecule has 1 aromatic rings. The summed E-state index contributed by atoms with van der Waals surface area (Å²) in [6, 6.07) is 8.18. The van der Waals surface area contributed by atoms with Gasteiger partial charge >= 0.3 is 13.3 Å². The van der Waals surface area contributed by atoms with Gasteiger partial charge in [0.1, 0.15) is 5.71 Å². The van der Waals surface area contributed by atoms with E-state index in [1.165, 1.54) is 11.9 Å². The Morgan fingerprint density at radius 3 is 2.14 bits per heavy atom. The molecule has 2 atom stereocenters. The Labute approximate surface area is 163 Å². The summed E-state index contributed by atoms with van der Waals surface area (Å²) in [6.45, 7) is 9.26. The van der Waals surface area contributed by atoms with Crippen LogP contribution >= 0.6 is 0 Å². The first kappa shape index (κ1) is 20.7. The van der Waals surface area contributed by atoms with Crippen LogP contribution in [0.3, 0.4) is 0 Å². The van der Waals surface area contributed by atoms with Crippen LogP contribution in [-0.4, -0.2) is 36.3 Å². The van der Waals surface area contributed by atoms with E-state index in [9.17, 15) is 13.2 Å². The van der Waals surface area contributed by atoms with Crippen molar-refractivity contribution in [2.75, 3.05) is 5.01 Å². The zero-order valence-corrected chi connectivity index (χ0v) is 16.5. The van der Waals surface area contributed by atoms with E-state index in [1.807, 2.05) is 33.8 Å². The first-order valence-electron chi connectivity index (χ1n) is 9.15. The summed E-state index contributed by atoms with van der Waals surface area (Å²) in [5.41, 5.74) is -0.560. The highest BCUT2D eigenvalue weighted by molar-refractivity contribution is 6.62. The molecule has 0 bridgehead atoms. The van der Waals surface area contributed by atoms with Gasteiger partial charge in [0, 0.05) is 5.92 Å². The highest BCUT2D eigenvalue weighted by Crippen LogP contribution is 2.38. The number of nitriles is 1. The molecular weight excluding hydrogens is 370 g/mol. The molecule has 28 heavy (non-hydrogen) atoms. The molecule has 1 saturated heterocycles. The molecule has 1 fully saturated rings. The second-order valence-electron chi connectivity index (χ2n) is 8.23. The Hall–Kier alpha value is -2.05. The van der Waals surface area contributed by atoms with Gasteiger partial charge in [-0.25, -0.2) is 0 Å². The molecule has 1 aromatic carbocycles. The number of alkyl halides is 3. The summed E-state index contributed by atoms with van der Waals surface area (Å²) in [6.07, 6.45) is -4.58. The summed E-state index contributed by atoms with van der Waals surface area (Å²) < 4.78 is 51.8. The molecule has 150 valence electrons. The molecule has 2 heterocycles. The number of benzene rings is 1. The van der Waals surface area contributed by atoms with E-state index in [2.05, 4.69) is 5.10 Å². The topological polar surface area (TPSA) is 57.9 Å². The first-order valence-corrected chi connectivity index (χ1v) is 9.15. The van der Waals surface area contributed by atoms with E-state index < -0.39 is 42.2 Å². The van der Waals surface area contributed by atoms with Gasteiger partial charge in [-0.2, -0.15) is 23.5 Å². The molecule has 0 aromatic heterocycles. The van der Waals surface area contributed by atoms with Gasteiger partial charge in [0.15, 0.2) is 0 Å². The zero-order valence-electron chi connectivity index (χ0n) is 16.5. The summed E-state index contributed by atoms with van der Waals surface area (Å²) in [5.74, 6) is -0.887. The lowest BCUT2D eigenvalue weighted by Gasteiger charge is -2.32. The van der Waals surface area contributed by atoms with Crippen LogP contribution in [0.5, 0.6) is 0 Å². The fourth-order valence-electron chi connectivity index (χ4n) is 3.36. The van der Waals surface area contributed by atoms with Crippen molar-refractivity contribution in [3.05, 3.63) is 24.3 Å². The van der Waals surface area contributed by atoms with Crippen LogP contribution in [0.4, 0.5) is 18.9 Å². The van der Waals surface area contributed by atoms with Gasteiger partial charge in [-0.3, -0.25) is 5.01 Å². The van der Waals surface area contributed by atoms with Gasteiger partial charge in [-0.15, -0.1) is 0 Å². The van der Waals surface area contributed by atoms with Crippen LogP contribution in [0.25, 0.3) is 0 Å². The Morgan fingerprint density at radius 2 is 1.68 bits per heavy atom. The minimum atomic E-state index is -4.52. The normalized spacial score (nSPS) is 26.3. The number of halogens is 3. The van der Waals surface area contributed by atoms with Gasteiger partial charge in [0.2, 0.25) is 0 Å². The van der Waals surface area contributed by atoms with E-state index >= 15 is 0 Å².